The van der Waals surface area contributed by atoms with E-state index in [1.165, 1.54) is 31.3 Å². The molecule has 3 heterocycles. The van der Waals surface area contributed by atoms with E-state index < -0.39 is 0 Å². The Morgan fingerprint density at radius 1 is 0.407 bits per heavy atom. The zero-order valence-corrected chi connectivity index (χ0v) is 29.8. The van der Waals surface area contributed by atoms with Crippen LogP contribution in [0, 0.1) is 0 Å². The molecule has 0 bridgehead atoms. The van der Waals surface area contributed by atoms with Gasteiger partial charge >= 0.3 is 0 Å². The molecule has 11 aromatic rings. The lowest BCUT2D eigenvalue weighted by Crippen LogP contribution is -2.10. The molecule has 0 aliphatic heterocycles. The summed E-state index contributed by atoms with van der Waals surface area (Å²) in [6.07, 6.45) is 0. The first-order valence-electron chi connectivity index (χ1n) is 18.0. The second-order valence-corrected chi connectivity index (χ2v) is 14.6. The van der Waals surface area contributed by atoms with Crippen LogP contribution in [0.2, 0.25) is 0 Å². The SMILES string of the molecule is c1ccc(-c2cccc(N(c3ccc(-c4c5nc(-c6ccccc6)oc5cc5oc6ccccc6c45)cc3)c3ccc4c(c3)sc3ccccc34)c2)cc1. The Kier molecular flexibility index (Phi) is 7.00. The van der Waals surface area contributed by atoms with Crippen LogP contribution < -0.4 is 4.90 Å². The van der Waals surface area contributed by atoms with Crippen LogP contribution in [0.25, 0.3) is 86.9 Å². The van der Waals surface area contributed by atoms with E-state index in [1.54, 1.807) is 0 Å². The lowest BCUT2D eigenvalue weighted by atomic mass is 9.97. The lowest BCUT2D eigenvalue weighted by molar-refractivity contribution is 0.617. The van der Waals surface area contributed by atoms with E-state index in [0.29, 0.717) is 11.5 Å². The van der Waals surface area contributed by atoms with Crippen LogP contribution in [0.4, 0.5) is 17.1 Å². The zero-order chi connectivity index (χ0) is 35.6. The van der Waals surface area contributed by atoms with Gasteiger partial charge < -0.3 is 13.7 Å². The maximum Gasteiger partial charge on any atom is 0.227 e. The van der Waals surface area contributed by atoms with Crippen LogP contribution in [0.15, 0.2) is 191 Å². The predicted molar refractivity (Wildman–Crippen MR) is 225 cm³/mol. The fraction of sp³-hybridized carbons (Fsp3) is 0. The Balaban J connectivity index is 1.10. The first-order valence-corrected chi connectivity index (χ1v) is 18.8. The molecule has 3 aromatic heterocycles. The van der Waals surface area contributed by atoms with Crippen molar-refractivity contribution in [2.24, 2.45) is 0 Å². The fourth-order valence-electron chi connectivity index (χ4n) is 7.79. The third kappa shape index (κ3) is 5.01. The molecule has 11 rings (SSSR count). The van der Waals surface area contributed by atoms with Crippen LogP contribution >= 0.6 is 11.3 Å². The predicted octanol–water partition coefficient (Wildman–Crippen LogP) is 14.6. The molecule has 0 spiro atoms. The first-order chi connectivity index (χ1) is 26.7. The largest absolute Gasteiger partial charge is 0.456 e. The monoisotopic (exact) mass is 710 g/mol. The van der Waals surface area contributed by atoms with Crippen molar-refractivity contribution in [1.29, 1.82) is 0 Å². The highest BCUT2D eigenvalue weighted by molar-refractivity contribution is 7.25. The maximum absolute atomic E-state index is 6.42. The number of hydrogen-bond donors (Lipinski definition) is 0. The molecule has 0 unspecified atom stereocenters. The number of thiophene rings is 1. The number of fused-ring (bicyclic) bond motifs is 7. The Bertz CT molecular complexity index is 3160. The number of oxazole rings is 1. The van der Waals surface area contributed by atoms with E-state index in [-0.39, 0.29) is 0 Å². The van der Waals surface area contributed by atoms with Crippen LogP contribution in [-0.2, 0) is 0 Å². The molecule has 0 aliphatic carbocycles. The number of hydrogen-bond acceptors (Lipinski definition) is 5. The fourth-order valence-corrected chi connectivity index (χ4v) is 8.93. The molecule has 0 atom stereocenters. The molecule has 0 radical (unpaired) electrons. The molecular weight excluding hydrogens is 681 g/mol. The number of para-hydroxylation sites is 1. The third-order valence-electron chi connectivity index (χ3n) is 10.3. The number of furan rings is 1. The van der Waals surface area contributed by atoms with Crippen molar-refractivity contribution in [3.8, 4) is 33.7 Å². The van der Waals surface area contributed by atoms with Crippen molar-refractivity contribution >= 4 is 81.6 Å². The molecule has 0 saturated heterocycles. The Hall–Kier alpha value is -6.95. The maximum atomic E-state index is 6.42. The second kappa shape index (κ2) is 12.3. The standard InChI is InChI=1S/C49H30N2O2S/c1-3-12-31(13-4-1)34-16-11-17-36(28-34)51(37-26-27-39-38-18-8-10-21-44(38)54-45(39)29-37)35-24-22-32(23-25-35)46-47-40-19-7-9-20-41(40)52-42(47)30-43-48(46)50-49(53-43)33-14-5-2-6-15-33/h1-30H. The number of rotatable bonds is 6. The summed E-state index contributed by atoms with van der Waals surface area (Å²) in [4.78, 5) is 7.47. The van der Waals surface area contributed by atoms with Gasteiger partial charge in [-0.05, 0) is 77.4 Å². The third-order valence-corrected chi connectivity index (χ3v) is 11.4. The van der Waals surface area contributed by atoms with Crippen molar-refractivity contribution < 1.29 is 8.83 Å². The van der Waals surface area contributed by atoms with Gasteiger partial charge in [0, 0.05) is 65.2 Å². The molecule has 0 aliphatic rings. The molecule has 0 amide bonds. The van der Waals surface area contributed by atoms with Crippen LogP contribution in [0.3, 0.4) is 0 Å². The van der Waals surface area contributed by atoms with Gasteiger partial charge in [0.1, 0.15) is 16.7 Å². The van der Waals surface area contributed by atoms with Gasteiger partial charge in [0.15, 0.2) is 5.58 Å². The molecule has 54 heavy (non-hydrogen) atoms. The van der Waals surface area contributed by atoms with E-state index >= 15 is 0 Å². The number of anilines is 3. The summed E-state index contributed by atoms with van der Waals surface area (Å²) in [5.74, 6) is 0.585. The normalized spacial score (nSPS) is 11.7. The molecule has 0 saturated carbocycles. The first kappa shape index (κ1) is 30.7. The Morgan fingerprint density at radius 3 is 1.91 bits per heavy atom. The molecule has 0 fully saturated rings. The molecule has 4 nitrogen and oxygen atoms in total. The van der Waals surface area contributed by atoms with Gasteiger partial charge in [0.25, 0.3) is 0 Å². The number of benzene rings is 8. The Labute approximate surface area is 314 Å². The molecular formula is C49H30N2O2S. The smallest absolute Gasteiger partial charge is 0.227 e. The minimum absolute atomic E-state index is 0.585. The lowest BCUT2D eigenvalue weighted by Gasteiger charge is -2.26. The van der Waals surface area contributed by atoms with Crippen LogP contribution in [0.1, 0.15) is 0 Å². The summed E-state index contributed by atoms with van der Waals surface area (Å²) in [5.41, 5.74) is 11.6. The van der Waals surface area contributed by atoms with Gasteiger partial charge in [-0.3, -0.25) is 0 Å². The summed E-state index contributed by atoms with van der Waals surface area (Å²) in [6, 6.07) is 63.9. The quantitative estimate of drug-likeness (QED) is 0.172. The summed E-state index contributed by atoms with van der Waals surface area (Å²) in [5, 5.41) is 4.65. The van der Waals surface area contributed by atoms with Crippen molar-refractivity contribution in [2.75, 3.05) is 4.90 Å². The van der Waals surface area contributed by atoms with Crippen molar-refractivity contribution in [1.82, 2.24) is 4.98 Å². The van der Waals surface area contributed by atoms with Gasteiger partial charge in [0.2, 0.25) is 5.89 Å². The van der Waals surface area contributed by atoms with Crippen molar-refractivity contribution in [2.45, 2.75) is 0 Å². The topological polar surface area (TPSA) is 42.4 Å². The molecule has 5 heteroatoms. The summed E-state index contributed by atoms with van der Waals surface area (Å²) < 4.78 is 15.4. The average molecular weight is 711 g/mol. The van der Waals surface area contributed by atoms with Crippen molar-refractivity contribution in [3.63, 3.8) is 0 Å². The highest BCUT2D eigenvalue weighted by Gasteiger charge is 2.22. The summed E-state index contributed by atoms with van der Waals surface area (Å²) >= 11 is 1.84. The van der Waals surface area contributed by atoms with Gasteiger partial charge in [-0.15, -0.1) is 11.3 Å². The highest BCUT2D eigenvalue weighted by atomic mass is 32.1. The van der Waals surface area contributed by atoms with E-state index in [9.17, 15) is 0 Å². The van der Waals surface area contributed by atoms with E-state index in [2.05, 4.69) is 138 Å². The van der Waals surface area contributed by atoms with E-state index in [0.717, 1.165) is 61.2 Å². The van der Waals surface area contributed by atoms with Gasteiger partial charge in [-0.25, -0.2) is 4.98 Å². The number of aromatic nitrogens is 1. The minimum atomic E-state index is 0.585. The minimum Gasteiger partial charge on any atom is -0.456 e. The summed E-state index contributed by atoms with van der Waals surface area (Å²) in [7, 11) is 0. The Morgan fingerprint density at radius 2 is 1.07 bits per heavy atom. The molecule has 8 aromatic carbocycles. The zero-order valence-electron chi connectivity index (χ0n) is 28.9. The highest BCUT2D eigenvalue weighted by Crippen LogP contribution is 2.45. The van der Waals surface area contributed by atoms with Gasteiger partial charge in [-0.2, -0.15) is 0 Å². The van der Waals surface area contributed by atoms with Crippen LogP contribution in [0.5, 0.6) is 0 Å². The molecule has 0 N–H and O–H groups in total. The van der Waals surface area contributed by atoms with E-state index in [4.69, 9.17) is 13.8 Å². The van der Waals surface area contributed by atoms with Gasteiger partial charge in [-0.1, -0.05) is 115 Å². The van der Waals surface area contributed by atoms with Gasteiger partial charge in [0.05, 0.1) is 0 Å². The summed E-state index contributed by atoms with van der Waals surface area (Å²) in [6.45, 7) is 0. The average Bonchev–Trinajstić information content (AvgIpc) is 3.94. The van der Waals surface area contributed by atoms with E-state index in [1.807, 2.05) is 59.9 Å². The van der Waals surface area contributed by atoms with Crippen molar-refractivity contribution in [3.05, 3.63) is 182 Å². The molecule has 254 valence electrons. The second-order valence-electron chi connectivity index (χ2n) is 13.5. The van der Waals surface area contributed by atoms with Crippen LogP contribution in [-0.4, -0.2) is 4.98 Å². The number of nitrogens with zero attached hydrogens (tertiary/aromatic N) is 2.